The standard InChI is InChI=1S/C12H15F4NO.ClH/c1-2-3-10(18)11(17)7-4-5-9(13)8(6-7)12(14,15)16;/h4-6,10-11,18H,2-3,17H2,1H3;1H/t10-,11+;/m0./s1. The van der Waals surface area contributed by atoms with Gasteiger partial charge in [-0.1, -0.05) is 19.4 Å². The van der Waals surface area contributed by atoms with Gasteiger partial charge in [-0.05, 0) is 24.1 Å². The predicted molar refractivity (Wildman–Crippen MR) is 66.5 cm³/mol. The Hall–Kier alpha value is -0.850. The van der Waals surface area contributed by atoms with Crippen LogP contribution in [0.1, 0.15) is 36.9 Å². The van der Waals surface area contributed by atoms with E-state index in [4.69, 9.17) is 5.73 Å². The monoisotopic (exact) mass is 301 g/mol. The van der Waals surface area contributed by atoms with Crippen LogP contribution in [-0.4, -0.2) is 11.2 Å². The third kappa shape index (κ3) is 4.63. The van der Waals surface area contributed by atoms with Gasteiger partial charge in [-0.3, -0.25) is 0 Å². The zero-order chi connectivity index (χ0) is 13.9. The highest BCUT2D eigenvalue weighted by atomic mass is 35.5. The summed E-state index contributed by atoms with van der Waals surface area (Å²) in [6.45, 7) is 1.82. The first-order valence-corrected chi connectivity index (χ1v) is 5.57. The zero-order valence-electron chi connectivity index (χ0n) is 10.2. The Balaban J connectivity index is 0.00000324. The Morgan fingerprint density at radius 3 is 2.37 bits per heavy atom. The van der Waals surface area contributed by atoms with Crippen LogP contribution in [0, 0.1) is 5.82 Å². The Morgan fingerprint density at radius 2 is 1.89 bits per heavy atom. The highest BCUT2D eigenvalue weighted by Gasteiger charge is 2.34. The van der Waals surface area contributed by atoms with Gasteiger partial charge in [0.2, 0.25) is 0 Å². The molecule has 1 rings (SSSR count). The van der Waals surface area contributed by atoms with Crippen molar-refractivity contribution >= 4 is 12.4 Å². The van der Waals surface area contributed by atoms with Crippen LogP contribution < -0.4 is 5.73 Å². The van der Waals surface area contributed by atoms with E-state index in [1.807, 2.05) is 6.92 Å². The van der Waals surface area contributed by atoms with Crippen molar-refractivity contribution in [2.45, 2.75) is 38.1 Å². The summed E-state index contributed by atoms with van der Waals surface area (Å²) in [4.78, 5) is 0. The van der Waals surface area contributed by atoms with Crippen LogP contribution in [0.5, 0.6) is 0 Å². The van der Waals surface area contributed by atoms with Crippen LogP contribution in [-0.2, 0) is 6.18 Å². The summed E-state index contributed by atoms with van der Waals surface area (Å²) < 4.78 is 50.5. The quantitative estimate of drug-likeness (QED) is 0.837. The van der Waals surface area contributed by atoms with E-state index in [9.17, 15) is 22.7 Å². The third-order valence-electron chi connectivity index (χ3n) is 2.68. The molecule has 1 aromatic rings. The molecule has 0 aliphatic heterocycles. The molecular formula is C12H16ClF4NO. The van der Waals surface area contributed by atoms with Crippen LogP contribution in [0.25, 0.3) is 0 Å². The average Bonchev–Trinajstić information content (AvgIpc) is 2.27. The molecule has 19 heavy (non-hydrogen) atoms. The maximum absolute atomic E-state index is 13.1. The van der Waals surface area contributed by atoms with Gasteiger partial charge >= 0.3 is 6.18 Å². The molecule has 2 atom stereocenters. The van der Waals surface area contributed by atoms with Crippen LogP contribution in [0.2, 0.25) is 0 Å². The van der Waals surface area contributed by atoms with Gasteiger partial charge in [0.05, 0.1) is 17.7 Å². The normalized spacial score (nSPS) is 14.7. The Morgan fingerprint density at radius 1 is 1.32 bits per heavy atom. The Bertz CT molecular complexity index is 411. The molecule has 0 fully saturated rings. The SMILES string of the molecule is CCC[C@H](O)[C@H](N)c1ccc(F)c(C(F)(F)F)c1.Cl. The number of nitrogens with two attached hydrogens (primary N) is 1. The molecule has 0 spiro atoms. The van der Waals surface area contributed by atoms with Gasteiger partial charge in [0.25, 0.3) is 0 Å². The molecule has 0 saturated heterocycles. The molecule has 1 aromatic carbocycles. The lowest BCUT2D eigenvalue weighted by molar-refractivity contribution is -0.140. The fraction of sp³-hybridized carbons (Fsp3) is 0.500. The minimum absolute atomic E-state index is 0. The van der Waals surface area contributed by atoms with Crippen molar-refractivity contribution in [3.05, 3.63) is 35.1 Å². The van der Waals surface area contributed by atoms with Crippen molar-refractivity contribution in [3.63, 3.8) is 0 Å². The third-order valence-corrected chi connectivity index (χ3v) is 2.68. The van der Waals surface area contributed by atoms with Crippen molar-refractivity contribution in [1.29, 1.82) is 0 Å². The van der Waals surface area contributed by atoms with Gasteiger partial charge in [0, 0.05) is 0 Å². The summed E-state index contributed by atoms with van der Waals surface area (Å²) in [6.07, 6.45) is -4.68. The molecule has 0 radical (unpaired) electrons. The van der Waals surface area contributed by atoms with Crippen LogP contribution in [0.4, 0.5) is 17.6 Å². The lowest BCUT2D eigenvalue weighted by atomic mass is 9.97. The molecule has 2 nitrogen and oxygen atoms in total. The smallest absolute Gasteiger partial charge is 0.391 e. The van der Waals surface area contributed by atoms with E-state index >= 15 is 0 Å². The van der Waals surface area contributed by atoms with E-state index in [2.05, 4.69) is 0 Å². The van der Waals surface area contributed by atoms with Gasteiger partial charge < -0.3 is 10.8 Å². The van der Waals surface area contributed by atoms with E-state index in [1.54, 1.807) is 0 Å². The number of hydrogen-bond acceptors (Lipinski definition) is 2. The lowest BCUT2D eigenvalue weighted by Gasteiger charge is -2.20. The maximum atomic E-state index is 13.1. The molecule has 0 aliphatic carbocycles. The second-order valence-corrected chi connectivity index (χ2v) is 4.12. The van der Waals surface area contributed by atoms with Gasteiger partial charge in [0.1, 0.15) is 5.82 Å². The van der Waals surface area contributed by atoms with Crippen molar-refractivity contribution in [1.82, 2.24) is 0 Å². The minimum Gasteiger partial charge on any atom is -0.391 e. The van der Waals surface area contributed by atoms with Gasteiger partial charge in [0.15, 0.2) is 0 Å². The number of halogens is 5. The minimum atomic E-state index is -4.77. The molecule has 3 N–H and O–H groups in total. The highest BCUT2D eigenvalue weighted by molar-refractivity contribution is 5.85. The van der Waals surface area contributed by atoms with Crippen LogP contribution >= 0.6 is 12.4 Å². The number of alkyl halides is 3. The van der Waals surface area contributed by atoms with E-state index in [0.29, 0.717) is 18.9 Å². The predicted octanol–water partition coefficient (Wildman–Crippen LogP) is 3.43. The number of benzene rings is 1. The second-order valence-electron chi connectivity index (χ2n) is 4.12. The van der Waals surface area contributed by atoms with E-state index in [1.165, 1.54) is 0 Å². The van der Waals surface area contributed by atoms with Gasteiger partial charge in [-0.15, -0.1) is 12.4 Å². The van der Waals surface area contributed by atoms with Gasteiger partial charge in [-0.25, -0.2) is 4.39 Å². The fourth-order valence-electron chi connectivity index (χ4n) is 1.66. The maximum Gasteiger partial charge on any atom is 0.419 e. The van der Waals surface area contributed by atoms with Gasteiger partial charge in [-0.2, -0.15) is 13.2 Å². The van der Waals surface area contributed by atoms with Crippen molar-refractivity contribution in [3.8, 4) is 0 Å². The summed E-state index contributed by atoms with van der Waals surface area (Å²) >= 11 is 0. The highest BCUT2D eigenvalue weighted by Crippen LogP contribution is 2.33. The zero-order valence-corrected chi connectivity index (χ0v) is 11.1. The Kier molecular flexibility index (Phi) is 6.76. The molecule has 0 heterocycles. The first-order chi connectivity index (χ1) is 8.27. The molecular weight excluding hydrogens is 286 g/mol. The summed E-state index contributed by atoms with van der Waals surface area (Å²) in [7, 11) is 0. The molecule has 0 unspecified atom stereocenters. The molecule has 7 heteroatoms. The lowest BCUT2D eigenvalue weighted by Crippen LogP contribution is -2.26. The molecule has 110 valence electrons. The van der Waals surface area contributed by atoms with E-state index in [0.717, 1.165) is 12.1 Å². The molecule has 0 aliphatic rings. The number of hydrogen-bond donors (Lipinski definition) is 2. The van der Waals surface area contributed by atoms with Crippen LogP contribution in [0.3, 0.4) is 0 Å². The van der Waals surface area contributed by atoms with E-state index in [-0.39, 0.29) is 18.0 Å². The Labute approximate surface area is 115 Å². The molecule has 0 bridgehead atoms. The largest absolute Gasteiger partial charge is 0.419 e. The summed E-state index contributed by atoms with van der Waals surface area (Å²) in [6, 6.07) is 1.58. The fourth-order valence-corrected chi connectivity index (χ4v) is 1.66. The second kappa shape index (κ2) is 7.07. The average molecular weight is 302 g/mol. The number of rotatable bonds is 4. The number of aliphatic hydroxyl groups excluding tert-OH is 1. The van der Waals surface area contributed by atoms with E-state index < -0.39 is 29.7 Å². The first-order valence-electron chi connectivity index (χ1n) is 5.57. The van der Waals surface area contributed by atoms with Crippen LogP contribution in [0.15, 0.2) is 18.2 Å². The molecule has 0 saturated carbocycles. The number of aliphatic hydroxyl groups is 1. The first kappa shape index (κ1) is 18.1. The van der Waals surface area contributed by atoms with Crippen molar-refractivity contribution in [2.24, 2.45) is 5.73 Å². The molecule has 0 aromatic heterocycles. The topological polar surface area (TPSA) is 46.2 Å². The molecule has 0 amide bonds. The summed E-state index contributed by atoms with van der Waals surface area (Å²) in [5, 5.41) is 9.63. The van der Waals surface area contributed by atoms with Crippen molar-refractivity contribution < 1.29 is 22.7 Å². The summed E-state index contributed by atoms with van der Waals surface area (Å²) in [5.74, 6) is -1.34. The van der Waals surface area contributed by atoms with Crippen molar-refractivity contribution in [2.75, 3.05) is 0 Å². The summed E-state index contributed by atoms with van der Waals surface area (Å²) in [5.41, 5.74) is 4.36.